The summed E-state index contributed by atoms with van der Waals surface area (Å²) in [4.78, 5) is 29.3. The van der Waals surface area contributed by atoms with E-state index in [2.05, 4.69) is 6.08 Å². The van der Waals surface area contributed by atoms with Crippen LogP contribution in [0.25, 0.3) is 5.57 Å². The zero-order valence-electron chi connectivity index (χ0n) is 20.4. The van der Waals surface area contributed by atoms with Gasteiger partial charge in [-0.25, -0.2) is 4.39 Å². The van der Waals surface area contributed by atoms with E-state index in [0.29, 0.717) is 29.9 Å². The third-order valence-corrected chi connectivity index (χ3v) is 7.25. The monoisotopic (exact) mass is 522 g/mol. The largest absolute Gasteiger partial charge is 0.483 e. The molecule has 8 heteroatoms. The number of nitrogens with zero attached hydrogens (tertiary/aromatic N) is 2. The molecule has 37 heavy (non-hydrogen) atoms. The first-order chi connectivity index (χ1) is 18.0. The van der Waals surface area contributed by atoms with Crippen LogP contribution in [0, 0.1) is 5.82 Å². The van der Waals surface area contributed by atoms with Crippen molar-refractivity contribution in [3.05, 3.63) is 104 Å². The van der Waals surface area contributed by atoms with E-state index in [9.17, 15) is 19.1 Å². The zero-order chi connectivity index (χ0) is 25.9. The predicted octanol–water partition coefficient (Wildman–Crippen LogP) is 5.33. The van der Waals surface area contributed by atoms with Crippen LogP contribution in [0.3, 0.4) is 0 Å². The quantitative estimate of drug-likeness (QED) is 0.455. The van der Waals surface area contributed by atoms with Crippen molar-refractivity contribution < 1.29 is 19.0 Å². The van der Waals surface area contributed by atoms with E-state index in [1.54, 1.807) is 15.5 Å². The topological polar surface area (TPSA) is 71.8 Å². The molecule has 0 fully saturated rings. The first-order valence-electron chi connectivity index (χ1n) is 12.5. The number of aliphatic hydroxyl groups excluding tert-OH is 1. The second-order valence-electron chi connectivity index (χ2n) is 9.36. The molecule has 0 unspecified atom stereocenters. The minimum atomic E-state index is -0.527. The summed E-state index contributed by atoms with van der Waals surface area (Å²) in [7, 11) is 0. The van der Waals surface area contributed by atoms with E-state index in [0.717, 1.165) is 36.8 Å². The van der Waals surface area contributed by atoms with Crippen LogP contribution in [0.2, 0.25) is 5.02 Å². The molecular weight excluding hydrogens is 495 g/mol. The Hall–Kier alpha value is -3.42. The molecule has 0 atom stereocenters. The Morgan fingerprint density at radius 2 is 1.84 bits per heavy atom. The molecule has 0 saturated heterocycles. The second-order valence-corrected chi connectivity index (χ2v) is 9.77. The van der Waals surface area contributed by atoms with Crippen LogP contribution >= 0.6 is 11.6 Å². The first-order valence-corrected chi connectivity index (χ1v) is 12.9. The van der Waals surface area contributed by atoms with Gasteiger partial charge in [0.1, 0.15) is 12.4 Å². The minimum Gasteiger partial charge on any atom is -0.483 e. The average Bonchev–Trinajstić information content (AvgIpc) is 2.92. The van der Waals surface area contributed by atoms with Crippen molar-refractivity contribution in [2.75, 3.05) is 6.54 Å². The number of hydrogen-bond donors (Lipinski definition) is 1. The third kappa shape index (κ3) is 5.06. The lowest BCUT2D eigenvalue weighted by Crippen LogP contribution is -2.43. The molecule has 1 aromatic heterocycles. The van der Waals surface area contributed by atoms with Gasteiger partial charge in [0, 0.05) is 19.6 Å². The van der Waals surface area contributed by atoms with E-state index in [1.807, 2.05) is 30.3 Å². The smallest absolute Gasteiger partial charge is 0.274 e. The number of benzene rings is 2. The summed E-state index contributed by atoms with van der Waals surface area (Å²) in [6.45, 7) is 0.698. The molecule has 1 N–H and O–H groups in total. The highest BCUT2D eigenvalue weighted by molar-refractivity contribution is 6.30. The Bertz CT molecular complexity index is 1420. The highest BCUT2D eigenvalue weighted by Crippen LogP contribution is 2.33. The van der Waals surface area contributed by atoms with Gasteiger partial charge >= 0.3 is 0 Å². The molecule has 0 spiro atoms. The van der Waals surface area contributed by atoms with Crippen molar-refractivity contribution in [3.8, 4) is 5.75 Å². The Labute approximate surface area is 219 Å². The van der Waals surface area contributed by atoms with E-state index in [4.69, 9.17) is 16.3 Å². The Morgan fingerprint density at radius 3 is 2.54 bits per heavy atom. The number of allylic oxidation sites excluding steroid dienone is 2. The fourth-order valence-corrected chi connectivity index (χ4v) is 5.31. The van der Waals surface area contributed by atoms with E-state index >= 15 is 0 Å². The molecule has 0 bridgehead atoms. The number of carbonyl (C=O) groups excluding carboxylic acids is 1. The normalized spacial score (nSPS) is 15.4. The summed E-state index contributed by atoms with van der Waals surface area (Å²) in [6, 6.07) is 13.8. The summed E-state index contributed by atoms with van der Waals surface area (Å²) in [6.07, 6.45) is 5.69. The van der Waals surface area contributed by atoms with E-state index in [-0.39, 0.29) is 47.6 Å². The maximum Gasteiger partial charge on any atom is 0.274 e. The molecule has 0 radical (unpaired) electrons. The molecule has 2 heterocycles. The van der Waals surface area contributed by atoms with Crippen molar-refractivity contribution >= 4 is 23.1 Å². The fourth-order valence-electron chi connectivity index (χ4n) is 5.11. The van der Waals surface area contributed by atoms with Crippen LogP contribution in [-0.4, -0.2) is 27.0 Å². The van der Waals surface area contributed by atoms with Crippen molar-refractivity contribution in [1.29, 1.82) is 0 Å². The molecule has 6 nitrogen and oxygen atoms in total. The maximum absolute atomic E-state index is 13.9. The van der Waals surface area contributed by atoms with Crippen molar-refractivity contribution in [2.45, 2.75) is 52.0 Å². The number of rotatable bonds is 7. The van der Waals surface area contributed by atoms with Gasteiger partial charge in [0.05, 0.1) is 22.9 Å². The van der Waals surface area contributed by atoms with Gasteiger partial charge in [0.25, 0.3) is 5.91 Å². The van der Waals surface area contributed by atoms with E-state index < -0.39 is 5.82 Å². The lowest BCUT2D eigenvalue weighted by atomic mass is 9.91. The van der Waals surface area contributed by atoms with Crippen LogP contribution in [0.4, 0.5) is 4.39 Å². The van der Waals surface area contributed by atoms with Crippen LogP contribution in [0.5, 0.6) is 5.75 Å². The summed E-state index contributed by atoms with van der Waals surface area (Å²) >= 11 is 5.95. The number of carbonyl (C=O) groups is 1. The second kappa shape index (κ2) is 10.9. The Kier molecular flexibility index (Phi) is 7.44. The van der Waals surface area contributed by atoms with Gasteiger partial charge in [-0.1, -0.05) is 54.1 Å². The number of ether oxygens (including phenoxy) is 1. The van der Waals surface area contributed by atoms with Crippen molar-refractivity contribution in [3.63, 3.8) is 0 Å². The molecule has 1 aliphatic heterocycles. The minimum absolute atomic E-state index is 0.00522. The van der Waals surface area contributed by atoms with Gasteiger partial charge in [-0.15, -0.1) is 0 Å². The fraction of sp³-hybridized carbons (Fsp3) is 0.310. The lowest BCUT2D eigenvalue weighted by Gasteiger charge is -2.33. The third-order valence-electron chi connectivity index (χ3n) is 6.96. The Balaban J connectivity index is 1.59. The molecule has 3 aromatic rings. The Morgan fingerprint density at radius 1 is 1.03 bits per heavy atom. The van der Waals surface area contributed by atoms with Crippen LogP contribution < -0.4 is 10.2 Å². The van der Waals surface area contributed by atoms with Gasteiger partial charge in [-0.2, -0.15) is 0 Å². The van der Waals surface area contributed by atoms with Crippen LogP contribution in [0.1, 0.15) is 58.6 Å². The van der Waals surface area contributed by atoms with Gasteiger partial charge in [-0.05, 0) is 54.5 Å². The summed E-state index contributed by atoms with van der Waals surface area (Å²) in [5, 5.41) is 10.4. The van der Waals surface area contributed by atoms with Gasteiger partial charge in [-0.3, -0.25) is 9.59 Å². The van der Waals surface area contributed by atoms with Crippen LogP contribution in [-0.2, 0) is 26.3 Å². The highest BCUT2D eigenvalue weighted by atomic mass is 35.5. The zero-order valence-corrected chi connectivity index (χ0v) is 21.1. The molecule has 2 aromatic carbocycles. The molecule has 5 rings (SSSR count). The van der Waals surface area contributed by atoms with Gasteiger partial charge in [0.15, 0.2) is 11.4 Å². The number of fused-ring (bicyclic) bond motifs is 1. The molecule has 0 saturated carbocycles. The number of amides is 1. The molecule has 1 amide bonds. The van der Waals surface area contributed by atoms with E-state index in [1.165, 1.54) is 12.1 Å². The average molecular weight is 523 g/mol. The number of pyridine rings is 1. The maximum atomic E-state index is 13.9. The first kappa shape index (κ1) is 25.2. The predicted molar refractivity (Wildman–Crippen MR) is 140 cm³/mol. The summed E-state index contributed by atoms with van der Waals surface area (Å²) in [5.41, 5.74) is 3.08. The van der Waals surface area contributed by atoms with Gasteiger partial charge < -0.3 is 19.3 Å². The number of hydrogen-bond acceptors (Lipinski definition) is 4. The number of aliphatic hydroxyl groups is 1. The van der Waals surface area contributed by atoms with Crippen molar-refractivity contribution in [2.24, 2.45) is 0 Å². The highest BCUT2D eigenvalue weighted by Gasteiger charge is 2.34. The molecular formula is C29H28ClFN2O4. The SMILES string of the molecule is O=C1c2c(OCc3ccccc3)c(=O)c(C3=CCCCC3)c(CO)n2CCN1Cc1ccc(F)c(Cl)c1. The standard InChI is InChI=1S/C29H28ClFN2O4/c30-22-15-20(11-12-23(22)31)16-32-13-14-33-24(17-34)25(21-9-5-2-6-10-21)27(35)28(26(33)29(32)36)37-18-19-7-3-1-4-8-19/h1,3-4,7-9,11-12,15,34H,2,5-6,10,13-14,16-18H2. The number of aromatic nitrogens is 1. The summed E-state index contributed by atoms with van der Waals surface area (Å²) < 4.78 is 21.5. The van der Waals surface area contributed by atoms with Gasteiger partial charge in [0.2, 0.25) is 5.43 Å². The molecule has 192 valence electrons. The number of halogens is 2. The van der Waals surface area contributed by atoms with Crippen molar-refractivity contribution in [1.82, 2.24) is 9.47 Å². The summed E-state index contributed by atoms with van der Waals surface area (Å²) in [5.74, 6) is -0.916. The molecule has 2 aliphatic rings. The van der Waals surface area contributed by atoms with Crippen LogP contribution in [0.15, 0.2) is 59.4 Å². The molecule has 1 aliphatic carbocycles. The lowest BCUT2D eigenvalue weighted by molar-refractivity contribution is 0.0675.